The highest BCUT2D eigenvalue weighted by Crippen LogP contribution is 2.31. The maximum atomic E-state index is 12.5. The van der Waals surface area contributed by atoms with Gasteiger partial charge in [-0.2, -0.15) is 18.3 Å². The van der Waals surface area contributed by atoms with E-state index in [1.165, 1.54) is 23.9 Å². The largest absolute Gasteiger partial charge is 0.416 e. The first-order chi connectivity index (χ1) is 9.88. The lowest BCUT2D eigenvalue weighted by Gasteiger charge is -2.08. The monoisotopic (exact) mass is 338 g/mol. The van der Waals surface area contributed by atoms with E-state index < -0.39 is 11.7 Å². The van der Waals surface area contributed by atoms with Crippen molar-refractivity contribution in [3.63, 3.8) is 0 Å². The first-order valence-electron chi connectivity index (χ1n) is 5.87. The number of nitrogens with zero attached hydrogens (tertiary/aromatic N) is 2. The van der Waals surface area contributed by atoms with Crippen molar-refractivity contribution in [1.29, 1.82) is 0 Å². The van der Waals surface area contributed by atoms with E-state index in [9.17, 15) is 13.2 Å². The van der Waals surface area contributed by atoms with Crippen molar-refractivity contribution in [2.24, 2.45) is 0 Å². The van der Waals surface area contributed by atoms with E-state index in [2.05, 4.69) is 5.10 Å². The summed E-state index contributed by atoms with van der Waals surface area (Å²) in [4.78, 5) is 0. The summed E-state index contributed by atoms with van der Waals surface area (Å²) in [6.07, 6.45) is -4.38. The first-order valence-corrected chi connectivity index (χ1v) is 6.78. The molecular formula is C13H11Cl2F3N2O. The molecule has 1 heterocycles. The molecule has 0 fully saturated rings. The van der Waals surface area contributed by atoms with Crippen LogP contribution in [0, 0.1) is 0 Å². The third-order valence-corrected chi connectivity index (χ3v) is 3.51. The number of methoxy groups -OCH3 is 1. The fourth-order valence-electron chi connectivity index (χ4n) is 1.82. The molecule has 0 N–H and O–H groups in total. The van der Waals surface area contributed by atoms with E-state index in [0.717, 1.165) is 12.1 Å². The molecule has 0 bridgehead atoms. The molecule has 0 saturated heterocycles. The molecule has 21 heavy (non-hydrogen) atoms. The van der Waals surface area contributed by atoms with Crippen molar-refractivity contribution < 1.29 is 17.9 Å². The quantitative estimate of drug-likeness (QED) is 0.771. The van der Waals surface area contributed by atoms with E-state index in [1.807, 2.05) is 0 Å². The Kier molecular flexibility index (Phi) is 4.81. The van der Waals surface area contributed by atoms with Crippen molar-refractivity contribution in [1.82, 2.24) is 9.78 Å². The molecule has 0 spiro atoms. The fraction of sp³-hybridized carbons (Fsp3) is 0.308. The van der Waals surface area contributed by atoms with Crippen LogP contribution in [0.25, 0.3) is 5.69 Å². The molecule has 0 aliphatic carbocycles. The van der Waals surface area contributed by atoms with Crippen LogP contribution in [-0.2, 0) is 23.4 Å². The van der Waals surface area contributed by atoms with E-state index >= 15 is 0 Å². The molecule has 0 aliphatic rings. The van der Waals surface area contributed by atoms with Crippen LogP contribution < -0.4 is 0 Å². The molecule has 114 valence electrons. The number of alkyl halides is 4. The van der Waals surface area contributed by atoms with E-state index in [1.54, 1.807) is 0 Å². The third-order valence-electron chi connectivity index (χ3n) is 2.86. The molecule has 2 rings (SSSR count). The Bertz CT molecular complexity index is 624. The van der Waals surface area contributed by atoms with Gasteiger partial charge in [0.25, 0.3) is 0 Å². The number of rotatable bonds is 4. The maximum Gasteiger partial charge on any atom is 0.416 e. The van der Waals surface area contributed by atoms with Crippen molar-refractivity contribution in [3.8, 4) is 5.69 Å². The van der Waals surface area contributed by atoms with Gasteiger partial charge in [0, 0.05) is 12.7 Å². The molecule has 1 aromatic heterocycles. The van der Waals surface area contributed by atoms with Crippen LogP contribution in [0.1, 0.15) is 16.8 Å². The second-order valence-electron chi connectivity index (χ2n) is 4.24. The molecule has 0 unspecified atom stereocenters. The first kappa shape index (κ1) is 16.1. The van der Waals surface area contributed by atoms with E-state index in [0.29, 0.717) is 16.9 Å². The minimum atomic E-state index is -4.38. The fourth-order valence-corrected chi connectivity index (χ4v) is 2.48. The number of aromatic nitrogens is 2. The summed E-state index contributed by atoms with van der Waals surface area (Å²) in [6, 6.07) is 4.56. The van der Waals surface area contributed by atoms with E-state index in [4.69, 9.17) is 27.9 Å². The summed E-state index contributed by atoms with van der Waals surface area (Å²) in [6.45, 7) is 0.218. The second-order valence-corrected chi connectivity index (χ2v) is 4.86. The molecule has 2 aromatic rings. The molecule has 0 radical (unpaired) electrons. The highest BCUT2D eigenvalue weighted by molar-refractivity contribution is 6.31. The Morgan fingerprint density at radius 2 is 1.86 bits per heavy atom. The summed E-state index contributed by atoms with van der Waals surface area (Å²) in [7, 11) is 1.50. The molecule has 0 saturated carbocycles. The minimum Gasteiger partial charge on any atom is -0.378 e. The van der Waals surface area contributed by atoms with Crippen LogP contribution in [0.15, 0.2) is 24.3 Å². The van der Waals surface area contributed by atoms with Crippen molar-refractivity contribution in [3.05, 3.63) is 46.2 Å². The Hall–Kier alpha value is -1.24. The van der Waals surface area contributed by atoms with Gasteiger partial charge in [-0.25, -0.2) is 4.68 Å². The van der Waals surface area contributed by atoms with Crippen molar-refractivity contribution in [2.45, 2.75) is 18.7 Å². The van der Waals surface area contributed by atoms with Crippen LogP contribution in [0.2, 0.25) is 5.15 Å². The van der Waals surface area contributed by atoms with Crippen LogP contribution in [0.3, 0.4) is 0 Å². The van der Waals surface area contributed by atoms with Gasteiger partial charge in [0.1, 0.15) is 5.15 Å². The van der Waals surface area contributed by atoms with Crippen molar-refractivity contribution in [2.75, 3.05) is 7.11 Å². The van der Waals surface area contributed by atoms with Gasteiger partial charge in [-0.05, 0) is 24.3 Å². The maximum absolute atomic E-state index is 12.5. The lowest BCUT2D eigenvalue weighted by Crippen LogP contribution is -2.05. The van der Waals surface area contributed by atoms with Gasteiger partial charge in [-0.15, -0.1) is 11.6 Å². The van der Waals surface area contributed by atoms with Gasteiger partial charge in [0.2, 0.25) is 0 Å². The Morgan fingerprint density at radius 1 is 1.24 bits per heavy atom. The number of hydrogen-bond acceptors (Lipinski definition) is 2. The molecule has 0 atom stereocenters. The molecular weight excluding hydrogens is 328 g/mol. The Morgan fingerprint density at radius 3 is 2.33 bits per heavy atom. The molecule has 8 heteroatoms. The van der Waals surface area contributed by atoms with Gasteiger partial charge in [0.05, 0.1) is 29.4 Å². The minimum absolute atomic E-state index is 0.137. The second kappa shape index (κ2) is 6.25. The van der Waals surface area contributed by atoms with Crippen LogP contribution in [0.4, 0.5) is 13.2 Å². The van der Waals surface area contributed by atoms with Gasteiger partial charge in [0.15, 0.2) is 0 Å². The van der Waals surface area contributed by atoms with Gasteiger partial charge in [-0.3, -0.25) is 0 Å². The zero-order valence-electron chi connectivity index (χ0n) is 10.9. The van der Waals surface area contributed by atoms with Crippen LogP contribution in [-0.4, -0.2) is 16.9 Å². The van der Waals surface area contributed by atoms with Gasteiger partial charge < -0.3 is 4.74 Å². The number of ether oxygens (including phenoxy) is 1. The number of benzene rings is 1. The summed E-state index contributed by atoms with van der Waals surface area (Å²) in [5.74, 6) is 0.137. The highest BCUT2D eigenvalue weighted by atomic mass is 35.5. The summed E-state index contributed by atoms with van der Waals surface area (Å²) in [5, 5.41) is 4.49. The summed E-state index contributed by atoms with van der Waals surface area (Å²) >= 11 is 12.0. The SMILES string of the molecule is COCc1nn(-c2ccc(C(F)(F)F)cc2)c(Cl)c1CCl. The normalized spacial score (nSPS) is 11.9. The lowest BCUT2D eigenvalue weighted by atomic mass is 10.2. The number of halogens is 5. The predicted molar refractivity (Wildman–Crippen MR) is 73.8 cm³/mol. The molecule has 0 aliphatic heterocycles. The zero-order chi connectivity index (χ0) is 15.6. The van der Waals surface area contributed by atoms with E-state index in [-0.39, 0.29) is 17.6 Å². The van der Waals surface area contributed by atoms with Crippen LogP contribution in [0.5, 0.6) is 0 Å². The van der Waals surface area contributed by atoms with Gasteiger partial charge >= 0.3 is 6.18 Å². The summed E-state index contributed by atoms with van der Waals surface area (Å²) in [5.41, 5.74) is 0.836. The predicted octanol–water partition coefficient (Wildman–Crippen LogP) is 4.43. The smallest absolute Gasteiger partial charge is 0.378 e. The Labute approximate surface area is 129 Å². The number of hydrogen-bond donors (Lipinski definition) is 0. The third kappa shape index (κ3) is 3.33. The van der Waals surface area contributed by atoms with Crippen molar-refractivity contribution >= 4 is 23.2 Å². The standard InChI is InChI=1S/C13H11Cl2F3N2O/c1-21-7-11-10(6-14)12(15)20(19-11)9-4-2-8(3-5-9)13(16,17)18/h2-5H,6-7H2,1H3. The zero-order valence-corrected chi connectivity index (χ0v) is 12.4. The Balaban J connectivity index is 2.42. The average molecular weight is 339 g/mol. The van der Waals surface area contributed by atoms with Crippen LogP contribution >= 0.6 is 23.2 Å². The molecule has 1 aromatic carbocycles. The molecule has 3 nitrogen and oxygen atoms in total. The lowest BCUT2D eigenvalue weighted by molar-refractivity contribution is -0.137. The summed E-state index contributed by atoms with van der Waals surface area (Å²) < 4.78 is 44.0. The van der Waals surface area contributed by atoms with Gasteiger partial charge in [-0.1, -0.05) is 11.6 Å². The molecule has 0 amide bonds. The average Bonchev–Trinajstić information content (AvgIpc) is 2.74. The highest BCUT2D eigenvalue weighted by Gasteiger charge is 2.30. The topological polar surface area (TPSA) is 27.1 Å².